The first kappa shape index (κ1) is 16.7. The van der Waals surface area contributed by atoms with Crippen molar-refractivity contribution in [2.75, 3.05) is 5.73 Å². The number of carbonyl (C=O) groups excluding carboxylic acids is 2. The van der Waals surface area contributed by atoms with Gasteiger partial charge in [-0.15, -0.1) is 0 Å². The number of ketones is 1. The molecule has 0 radical (unpaired) electrons. The summed E-state index contributed by atoms with van der Waals surface area (Å²) in [4.78, 5) is 34.0. The summed E-state index contributed by atoms with van der Waals surface area (Å²) in [5, 5.41) is 11.2. The van der Waals surface area contributed by atoms with Gasteiger partial charge < -0.3 is 16.2 Å². The molecule has 6 nitrogen and oxygen atoms in total. The Labute approximate surface area is 123 Å². The number of carboxylic acids is 1. The number of aliphatic carboxylic acids is 1. The SMILES string of the molecule is CC(CC(=O)c1ccccc1N)NC(=O)CCCC(=O)O. The zero-order valence-electron chi connectivity index (χ0n) is 12.0. The molecular weight excluding hydrogens is 272 g/mol. The van der Waals surface area contributed by atoms with Crippen LogP contribution in [-0.2, 0) is 9.59 Å². The first-order valence-electron chi connectivity index (χ1n) is 6.79. The number of carbonyl (C=O) groups is 3. The van der Waals surface area contributed by atoms with Crippen molar-refractivity contribution in [2.45, 2.75) is 38.6 Å². The summed E-state index contributed by atoms with van der Waals surface area (Å²) < 4.78 is 0. The van der Waals surface area contributed by atoms with E-state index >= 15 is 0 Å². The second-order valence-electron chi connectivity index (χ2n) is 4.93. The smallest absolute Gasteiger partial charge is 0.303 e. The second-order valence-corrected chi connectivity index (χ2v) is 4.93. The Morgan fingerprint density at radius 3 is 2.52 bits per heavy atom. The molecule has 0 bridgehead atoms. The van der Waals surface area contributed by atoms with E-state index in [4.69, 9.17) is 10.8 Å². The number of benzene rings is 1. The molecule has 1 amide bonds. The second kappa shape index (κ2) is 8.04. The van der Waals surface area contributed by atoms with Gasteiger partial charge in [-0.25, -0.2) is 0 Å². The molecule has 0 saturated heterocycles. The number of anilines is 1. The average molecular weight is 292 g/mol. The normalized spacial score (nSPS) is 11.7. The van der Waals surface area contributed by atoms with Crippen LogP contribution in [0.3, 0.4) is 0 Å². The summed E-state index contributed by atoms with van der Waals surface area (Å²) >= 11 is 0. The Balaban J connectivity index is 2.41. The van der Waals surface area contributed by atoms with Gasteiger partial charge in [-0.3, -0.25) is 14.4 Å². The van der Waals surface area contributed by atoms with Crippen LogP contribution in [0.5, 0.6) is 0 Å². The Morgan fingerprint density at radius 2 is 1.90 bits per heavy atom. The lowest BCUT2D eigenvalue weighted by atomic mass is 10.0. The molecule has 1 rings (SSSR count). The largest absolute Gasteiger partial charge is 0.481 e. The van der Waals surface area contributed by atoms with Crippen molar-refractivity contribution in [3.63, 3.8) is 0 Å². The van der Waals surface area contributed by atoms with Crippen LogP contribution in [0.1, 0.15) is 43.0 Å². The highest BCUT2D eigenvalue weighted by Crippen LogP contribution is 2.14. The lowest BCUT2D eigenvalue weighted by Crippen LogP contribution is -2.34. The molecule has 0 heterocycles. The molecule has 0 saturated carbocycles. The lowest BCUT2D eigenvalue weighted by Gasteiger charge is -2.13. The van der Waals surface area contributed by atoms with Crippen LogP contribution in [0.25, 0.3) is 0 Å². The minimum Gasteiger partial charge on any atom is -0.481 e. The minimum absolute atomic E-state index is 0.0404. The first-order valence-corrected chi connectivity index (χ1v) is 6.79. The molecule has 1 atom stereocenters. The van der Waals surface area contributed by atoms with Gasteiger partial charge in [-0.2, -0.15) is 0 Å². The van der Waals surface area contributed by atoms with Gasteiger partial charge in [0.15, 0.2) is 5.78 Å². The number of nitrogens with one attached hydrogen (secondary N) is 1. The van der Waals surface area contributed by atoms with Gasteiger partial charge in [0.2, 0.25) is 5.91 Å². The molecule has 0 spiro atoms. The fourth-order valence-electron chi connectivity index (χ4n) is 1.94. The maximum absolute atomic E-state index is 12.1. The van der Waals surface area contributed by atoms with E-state index < -0.39 is 5.97 Å². The molecule has 1 aromatic rings. The van der Waals surface area contributed by atoms with Gasteiger partial charge >= 0.3 is 5.97 Å². The number of amides is 1. The van der Waals surface area contributed by atoms with Gasteiger partial charge in [0.05, 0.1) is 0 Å². The summed E-state index contributed by atoms with van der Waals surface area (Å²) in [5.41, 5.74) is 6.60. The van der Waals surface area contributed by atoms with Crippen molar-refractivity contribution in [3.8, 4) is 0 Å². The fourth-order valence-corrected chi connectivity index (χ4v) is 1.94. The van der Waals surface area contributed by atoms with E-state index in [0.29, 0.717) is 11.3 Å². The van der Waals surface area contributed by atoms with Crippen molar-refractivity contribution in [1.29, 1.82) is 0 Å². The zero-order chi connectivity index (χ0) is 15.8. The average Bonchev–Trinajstić information content (AvgIpc) is 2.38. The summed E-state index contributed by atoms with van der Waals surface area (Å²) in [6, 6.07) is 6.47. The first-order chi connectivity index (χ1) is 9.90. The molecule has 0 aliphatic rings. The van der Waals surface area contributed by atoms with Gasteiger partial charge in [-0.05, 0) is 25.5 Å². The Bertz CT molecular complexity index is 528. The number of carboxylic acid groups (broad SMARTS) is 1. The summed E-state index contributed by atoms with van der Waals surface area (Å²) in [7, 11) is 0. The summed E-state index contributed by atoms with van der Waals surface area (Å²) in [6.07, 6.45) is 0.534. The van der Waals surface area contributed by atoms with Crippen LogP contribution in [0, 0.1) is 0 Å². The number of hydrogen-bond donors (Lipinski definition) is 3. The molecule has 21 heavy (non-hydrogen) atoms. The third kappa shape index (κ3) is 6.07. The topological polar surface area (TPSA) is 109 Å². The Morgan fingerprint density at radius 1 is 1.24 bits per heavy atom. The van der Waals surface area contributed by atoms with Gasteiger partial charge in [0.25, 0.3) is 0 Å². The van der Waals surface area contributed by atoms with Crippen LogP contribution in [0.15, 0.2) is 24.3 Å². The molecule has 0 aliphatic carbocycles. The Kier molecular flexibility index (Phi) is 6.39. The van der Waals surface area contributed by atoms with Crippen molar-refractivity contribution in [3.05, 3.63) is 29.8 Å². The highest BCUT2D eigenvalue weighted by atomic mass is 16.4. The van der Waals surface area contributed by atoms with Crippen LogP contribution >= 0.6 is 0 Å². The van der Waals surface area contributed by atoms with Crippen LogP contribution in [0.4, 0.5) is 5.69 Å². The number of para-hydroxylation sites is 1. The molecule has 114 valence electrons. The number of nitrogens with two attached hydrogens (primary N) is 1. The molecule has 1 unspecified atom stereocenters. The lowest BCUT2D eigenvalue weighted by molar-refractivity contribution is -0.137. The van der Waals surface area contributed by atoms with E-state index in [0.717, 1.165) is 0 Å². The monoisotopic (exact) mass is 292 g/mol. The highest BCUT2D eigenvalue weighted by molar-refractivity contribution is 6.01. The zero-order valence-corrected chi connectivity index (χ0v) is 12.0. The molecule has 0 fully saturated rings. The predicted octanol–water partition coefficient (Wildman–Crippen LogP) is 1.60. The third-order valence-corrected chi connectivity index (χ3v) is 2.95. The maximum Gasteiger partial charge on any atom is 0.303 e. The van der Waals surface area contributed by atoms with Gasteiger partial charge in [-0.1, -0.05) is 12.1 Å². The molecule has 1 aromatic carbocycles. The van der Waals surface area contributed by atoms with Crippen molar-refractivity contribution >= 4 is 23.3 Å². The minimum atomic E-state index is -0.925. The highest BCUT2D eigenvalue weighted by Gasteiger charge is 2.15. The van der Waals surface area contributed by atoms with Crippen LogP contribution in [-0.4, -0.2) is 28.8 Å². The molecule has 4 N–H and O–H groups in total. The van der Waals surface area contributed by atoms with Crippen LogP contribution < -0.4 is 11.1 Å². The van der Waals surface area contributed by atoms with Gasteiger partial charge in [0, 0.05) is 36.6 Å². The number of rotatable bonds is 8. The number of nitrogen functional groups attached to an aromatic ring is 1. The van der Waals surface area contributed by atoms with E-state index in [1.807, 2.05) is 0 Å². The van der Waals surface area contributed by atoms with E-state index in [2.05, 4.69) is 5.32 Å². The molecule has 0 aliphatic heterocycles. The standard InChI is InChI=1S/C15H20N2O4/c1-10(17-14(19)7-4-8-15(20)21)9-13(18)11-5-2-3-6-12(11)16/h2-3,5-6,10H,4,7-9,16H2,1H3,(H,17,19)(H,20,21). The van der Waals surface area contributed by atoms with E-state index in [-0.39, 0.29) is 43.4 Å². The fraction of sp³-hybridized carbons (Fsp3) is 0.400. The molecule has 0 aromatic heterocycles. The number of hydrogen-bond acceptors (Lipinski definition) is 4. The Hall–Kier alpha value is -2.37. The van der Waals surface area contributed by atoms with Crippen molar-refractivity contribution < 1.29 is 19.5 Å². The maximum atomic E-state index is 12.1. The molecular formula is C15H20N2O4. The predicted molar refractivity (Wildman–Crippen MR) is 78.9 cm³/mol. The van der Waals surface area contributed by atoms with E-state index in [1.165, 1.54) is 0 Å². The van der Waals surface area contributed by atoms with E-state index in [9.17, 15) is 14.4 Å². The van der Waals surface area contributed by atoms with Gasteiger partial charge in [0.1, 0.15) is 0 Å². The number of Topliss-reactive ketones (excluding diaryl/α,β-unsaturated/α-hetero) is 1. The van der Waals surface area contributed by atoms with Crippen molar-refractivity contribution in [1.82, 2.24) is 5.32 Å². The summed E-state index contributed by atoms with van der Waals surface area (Å²) in [5.74, 6) is -1.31. The molecule has 6 heteroatoms. The quantitative estimate of drug-likeness (QED) is 0.498. The van der Waals surface area contributed by atoms with Crippen molar-refractivity contribution in [2.24, 2.45) is 0 Å². The summed E-state index contributed by atoms with van der Waals surface area (Å²) in [6.45, 7) is 1.73. The third-order valence-electron chi connectivity index (χ3n) is 2.95. The van der Waals surface area contributed by atoms with Crippen LogP contribution in [0.2, 0.25) is 0 Å². The van der Waals surface area contributed by atoms with E-state index in [1.54, 1.807) is 31.2 Å².